The number of rotatable bonds is 4. The average Bonchev–Trinajstić information content (AvgIpc) is 2.37. The molecule has 1 aromatic carbocycles. The van der Waals surface area contributed by atoms with Gasteiger partial charge in [0.25, 0.3) is 5.69 Å². The van der Waals surface area contributed by atoms with Crippen molar-refractivity contribution in [2.45, 2.75) is 19.8 Å². The lowest BCUT2D eigenvalue weighted by Crippen LogP contribution is -2.02. The van der Waals surface area contributed by atoms with E-state index in [-0.39, 0.29) is 11.5 Å². The van der Waals surface area contributed by atoms with Gasteiger partial charge in [-0.1, -0.05) is 13.0 Å². The molecule has 0 radical (unpaired) electrons. The first kappa shape index (κ1) is 12.2. The van der Waals surface area contributed by atoms with Crippen LogP contribution in [0.3, 0.4) is 0 Å². The molecule has 0 aliphatic rings. The molecule has 92 valence electrons. The van der Waals surface area contributed by atoms with E-state index in [2.05, 4.69) is 4.98 Å². The molecule has 0 spiro atoms. The molecule has 2 rings (SSSR count). The van der Waals surface area contributed by atoms with Gasteiger partial charge < -0.3 is 0 Å². The van der Waals surface area contributed by atoms with Gasteiger partial charge in [0.05, 0.1) is 10.4 Å². The number of nitro benzene ring substituents is 1. The van der Waals surface area contributed by atoms with Crippen LogP contribution in [0.15, 0.2) is 30.3 Å². The zero-order valence-electron chi connectivity index (χ0n) is 9.92. The Morgan fingerprint density at radius 2 is 2.11 bits per heavy atom. The van der Waals surface area contributed by atoms with Crippen molar-refractivity contribution >= 4 is 22.4 Å². The molecule has 5 heteroatoms. The number of hydrogen-bond donors (Lipinski definition) is 0. The van der Waals surface area contributed by atoms with Crippen LogP contribution in [0.4, 0.5) is 5.69 Å². The van der Waals surface area contributed by atoms with Crippen molar-refractivity contribution in [2.24, 2.45) is 0 Å². The SMILES string of the molecule is CCC(=O)Cc1ccc2cc([N+](=O)[O-])ccc2n1. The maximum Gasteiger partial charge on any atom is 0.270 e. The lowest BCUT2D eigenvalue weighted by atomic mass is 10.1. The van der Waals surface area contributed by atoms with Crippen molar-refractivity contribution in [3.8, 4) is 0 Å². The standard InChI is InChI=1S/C13H12N2O3/c1-2-12(16)8-10-4-3-9-7-11(15(17)18)5-6-13(9)14-10/h3-7H,2,8H2,1H3. The van der Waals surface area contributed by atoms with E-state index in [9.17, 15) is 14.9 Å². The van der Waals surface area contributed by atoms with Crippen molar-refractivity contribution in [1.29, 1.82) is 0 Å². The fourth-order valence-corrected chi connectivity index (χ4v) is 1.69. The van der Waals surface area contributed by atoms with Gasteiger partial charge >= 0.3 is 0 Å². The lowest BCUT2D eigenvalue weighted by molar-refractivity contribution is -0.384. The van der Waals surface area contributed by atoms with Gasteiger partial charge in [-0.2, -0.15) is 0 Å². The topological polar surface area (TPSA) is 73.1 Å². The summed E-state index contributed by atoms with van der Waals surface area (Å²) in [5, 5.41) is 11.3. The normalized spacial score (nSPS) is 10.5. The number of non-ortho nitro benzene ring substituents is 1. The average molecular weight is 244 g/mol. The summed E-state index contributed by atoms with van der Waals surface area (Å²) in [6.07, 6.45) is 0.795. The minimum absolute atomic E-state index is 0.0432. The summed E-state index contributed by atoms with van der Waals surface area (Å²) in [6.45, 7) is 1.81. The molecule has 0 aliphatic heterocycles. The van der Waals surface area contributed by atoms with Crippen molar-refractivity contribution < 1.29 is 9.72 Å². The maximum atomic E-state index is 11.3. The van der Waals surface area contributed by atoms with E-state index in [0.717, 1.165) is 0 Å². The van der Waals surface area contributed by atoms with Gasteiger partial charge in [-0.25, -0.2) is 0 Å². The number of nitrogens with zero attached hydrogens (tertiary/aromatic N) is 2. The molecule has 1 heterocycles. The van der Waals surface area contributed by atoms with E-state index in [1.165, 1.54) is 12.1 Å². The quantitative estimate of drug-likeness (QED) is 0.612. The number of Topliss-reactive ketones (excluding diaryl/α,β-unsaturated/α-hetero) is 1. The predicted molar refractivity (Wildman–Crippen MR) is 67.4 cm³/mol. The largest absolute Gasteiger partial charge is 0.299 e. The summed E-state index contributed by atoms with van der Waals surface area (Å²) in [5.74, 6) is 0.128. The Labute approximate surface area is 104 Å². The number of nitro groups is 1. The van der Waals surface area contributed by atoms with Crippen molar-refractivity contribution in [2.75, 3.05) is 0 Å². The second-order valence-corrected chi connectivity index (χ2v) is 4.01. The number of benzene rings is 1. The van der Waals surface area contributed by atoms with E-state index in [1.54, 1.807) is 18.2 Å². The summed E-state index contributed by atoms with van der Waals surface area (Å²) in [4.78, 5) is 25.9. The van der Waals surface area contributed by atoms with Crippen LogP contribution in [0.25, 0.3) is 10.9 Å². The molecule has 2 aromatic rings. The smallest absolute Gasteiger partial charge is 0.270 e. The van der Waals surface area contributed by atoms with Crippen LogP contribution in [-0.2, 0) is 11.2 Å². The number of pyridine rings is 1. The first-order valence-electron chi connectivity index (χ1n) is 5.66. The molecule has 0 fully saturated rings. The van der Waals surface area contributed by atoms with Crippen molar-refractivity contribution in [3.05, 3.63) is 46.1 Å². The highest BCUT2D eigenvalue weighted by atomic mass is 16.6. The summed E-state index contributed by atoms with van der Waals surface area (Å²) in [6, 6.07) is 8.00. The van der Waals surface area contributed by atoms with Gasteiger partial charge in [0.1, 0.15) is 5.78 Å². The maximum absolute atomic E-state index is 11.3. The summed E-state index contributed by atoms with van der Waals surface area (Å²) in [7, 11) is 0. The van der Waals surface area contributed by atoms with Crippen LogP contribution in [0.2, 0.25) is 0 Å². The molecule has 0 N–H and O–H groups in total. The fourth-order valence-electron chi connectivity index (χ4n) is 1.69. The third kappa shape index (κ3) is 2.51. The predicted octanol–water partition coefficient (Wildman–Crippen LogP) is 2.66. The van der Waals surface area contributed by atoms with E-state index < -0.39 is 4.92 Å². The molecule has 5 nitrogen and oxygen atoms in total. The fraction of sp³-hybridized carbons (Fsp3) is 0.231. The Hall–Kier alpha value is -2.30. The zero-order valence-corrected chi connectivity index (χ0v) is 9.92. The highest BCUT2D eigenvalue weighted by Gasteiger charge is 2.08. The van der Waals surface area contributed by atoms with Gasteiger partial charge in [-0.3, -0.25) is 19.9 Å². The minimum Gasteiger partial charge on any atom is -0.299 e. The Morgan fingerprint density at radius 1 is 1.33 bits per heavy atom. The Balaban J connectivity index is 2.38. The monoisotopic (exact) mass is 244 g/mol. The minimum atomic E-state index is -0.437. The van der Waals surface area contributed by atoms with Crippen molar-refractivity contribution in [1.82, 2.24) is 4.98 Å². The van der Waals surface area contributed by atoms with Crippen LogP contribution < -0.4 is 0 Å². The van der Waals surface area contributed by atoms with Crippen LogP contribution in [-0.4, -0.2) is 15.7 Å². The van der Waals surface area contributed by atoms with E-state index in [1.807, 2.05) is 6.92 Å². The summed E-state index contributed by atoms with van der Waals surface area (Å²) < 4.78 is 0. The first-order chi connectivity index (χ1) is 8.60. The highest BCUT2D eigenvalue weighted by Crippen LogP contribution is 2.19. The number of carbonyl (C=O) groups excluding carboxylic acids is 1. The first-order valence-corrected chi connectivity index (χ1v) is 5.66. The zero-order chi connectivity index (χ0) is 13.1. The summed E-state index contributed by atoms with van der Waals surface area (Å²) >= 11 is 0. The molecular formula is C13H12N2O3. The molecule has 0 saturated heterocycles. The second-order valence-electron chi connectivity index (χ2n) is 4.01. The van der Waals surface area contributed by atoms with Crippen molar-refractivity contribution in [3.63, 3.8) is 0 Å². The molecular weight excluding hydrogens is 232 g/mol. The van der Waals surface area contributed by atoms with E-state index in [4.69, 9.17) is 0 Å². The van der Waals surface area contributed by atoms with Gasteiger partial charge in [0.15, 0.2) is 0 Å². The van der Waals surface area contributed by atoms with Gasteiger partial charge in [0.2, 0.25) is 0 Å². The Morgan fingerprint density at radius 3 is 2.78 bits per heavy atom. The third-order valence-corrected chi connectivity index (χ3v) is 2.71. The molecule has 0 saturated carbocycles. The van der Waals surface area contributed by atoms with Crippen LogP contribution in [0.5, 0.6) is 0 Å². The molecule has 0 unspecified atom stereocenters. The van der Waals surface area contributed by atoms with Crippen LogP contribution >= 0.6 is 0 Å². The third-order valence-electron chi connectivity index (χ3n) is 2.71. The molecule has 0 aliphatic carbocycles. The molecule has 1 aromatic heterocycles. The van der Waals surface area contributed by atoms with Gasteiger partial charge in [-0.15, -0.1) is 0 Å². The highest BCUT2D eigenvalue weighted by molar-refractivity contribution is 5.83. The number of carbonyl (C=O) groups is 1. The second kappa shape index (κ2) is 4.91. The Kier molecular flexibility index (Phi) is 3.32. The van der Waals surface area contributed by atoms with Crippen LogP contribution in [0, 0.1) is 10.1 Å². The number of ketones is 1. The number of hydrogen-bond acceptors (Lipinski definition) is 4. The van der Waals surface area contributed by atoms with Gasteiger partial charge in [0, 0.05) is 36.1 Å². The number of fused-ring (bicyclic) bond motifs is 1. The van der Waals surface area contributed by atoms with E-state index >= 15 is 0 Å². The molecule has 0 atom stereocenters. The summed E-state index contributed by atoms with van der Waals surface area (Å²) in [5.41, 5.74) is 1.41. The Bertz CT molecular complexity index is 623. The van der Waals surface area contributed by atoms with Gasteiger partial charge in [-0.05, 0) is 12.1 Å². The van der Waals surface area contributed by atoms with E-state index in [0.29, 0.717) is 29.4 Å². The molecule has 18 heavy (non-hydrogen) atoms. The molecule has 0 bridgehead atoms. The number of aromatic nitrogens is 1. The molecule has 0 amide bonds. The van der Waals surface area contributed by atoms with Crippen LogP contribution in [0.1, 0.15) is 19.0 Å². The lowest BCUT2D eigenvalue weighted by Gasteiger charge is -2.01.